The molecule has 0 spiro atoms. The topological polar surface area (TPSA) is 42.4 Å². The molecular weight excluding hydrogens is 552 g/mol. The van der Waals surface area contributed by atoms with E-state index in [2.05, 4.69) is 102 Å². The molecule has 0 saturated heterocycles. The van der Waals surface area contributed by atoms with Crippen LogP contribution in [0.1, 0.15) is 0 Å². The van der Waals surface area contributed by atoms with Gasteiger partial charge in [-0.25, -0.2) is 4.98 Å². The second-order valence-corrected chi connectivity index (χ2v) is 11.2. The Hall–Kier alpha value is -6.13. The fraction of sp³-hybridized carbons (Fsp3) is 0. The fourth-order valence-electron chi connectivity index (χ4n) is 6.31. The molecule has 0 atom stereocenters. The van der Waals surface area contributed by atoms with Crippen LogP contribution < -0.4 is 4.90 Å². The van der Waals surface area contributed by atoms with Crippen molar-refractivity contribution >= 4 is 60.9 Å². The molecule has 0 unspecified atom stereocenters. The van der Waals surface area contributed by atoms with Crippen LogP contribution in [-0.2, 0) is 0 Å². The largest absolute Gasteiger partial charge is 0.456 e. The predicted octanol–water partition coefficient (Wildman–Crippen LogP) is 11.7. The number of fused-ring (bicyclic) bond motifs is 6. The number of nitrogens with zero attached hydrogens (tertiary/aromatic N) is 2. The molecule has 4 nitrogen and oxygen atoms in total. The highest BCUT2D eigenvalue weighted by Crippen LogP contribution is 2.44. The molecule has 0 N–H and O–H groups in total. The van der Waals surface area contributed by atoms with Crippen LogP contribution in [0.15, 0.2) is 167 Å². The summed E-state index contributed by atoms with van der Waals surface area (Å²) in [6.07, 6.45) is 0. The molecule has 0 amide bonds. The predicted molar refractivity (Wildman–Crippen MR) is 184 cm³/mol. The first kappa shape index (κ1) is 25.4. The van der Waals surface area contributed by atoms with Gasteiger partial charge in [-0.05, 0) is 65.0 Å². The van der Waals surface area contributed by atoms with Crippen molar-refractivity contribution in [2.24, 2.45) is 0 Å². The molecule has 0 aliphatic heterocycles. The van der Waals surface area contributed by atoms with Crippen molar-refractivity contribution in [3.05, 3.63) is 158 Å². The first-order valence-electron chi connectivity index (χ1n) is 15.0. The number of hydrogen-bond acceptors (Lipinski definition) is 4. The van der Waals surface area contributed by atoms with E-state index in [0.717, 1.165) is 72.0 Å². The number of hydrogen-bond donors (Lipinski definition) is 0. The van der Waals surface area contributed by atoms with E-state index >= 15 is 0 Å². The molecule has 4 heteroatoms. The summed E-state index contributed by atoms with van der Waals surface area (Å²) in [5, 5.41) is 4.30. The molecule has 7 aromatic carbocycles. The average Bonchev–Trinajstić information content (AvgIpc) is 3.72. The molecule has 2 aromatic heterocycles. The fourth-order valence-corrected chi connectivity index (χ4v) is 6.31. The van der Waals surface area contributed by atoms with Crippen molar-refractivity contribution in [3.8, 4) is 22.6 Å². The van der Waals surface area contributed by atoms with Crippen LogP contribution in [0.2, 0.25) is 0 Å². The lowest BCUT2D eigenvalue weighted by atomic mass is 10.0. The van der Waals surface area contributed by atoms with E-state index in [0.29, 0.717) is 5.89 Å². The molecule has 0 saturated carbocycles. The summed E-state index contributed by atoms with van der Waals surface area (Å²) in [6, 6.07) is 54.4. The van der Waals surface area contributed by atoms with Crippen molar-refractivity contribution in [3.63, 3.8) is 0 Å². The van der Waals surface area contributed by atoms with E-state index in [9.17, 15) is 0 Å². The quantitative estimate of drug-likeness (QED) is 0.204. The maximum Gasteiger partial charge on any atom is 0.227 e. The van der Waals surface area contributed by atoms with Gasteiger partial charge in [0, 0.05) is 39.2 Å². The Morgan fingerprint density at radius 2 is 1.07 bits per heavy atom. The van der Waals surface area contributed by atoms with Crippen LogP contribution in [-0.4, -0.2) is 4.98 Å². The van der Waals surface area contributed by atoms with Crippen LogP contribution >= 0.6 is 0 Å². The second kappa shape index (κ2) is 10.2. The molecule has 9 rings (SSSR count). The van der Waals surface area contributed by atoms with E-state index in [-0.39, 0.29) is 0 Å². The number of benzene rings is 7. The molecule has 0 bridgehead atoms. The van der Waals surface area contributed by atoms with Gasteiger partial charge in [0.05, 0.1) is 5.69 Å². The second-order valence-electron chi connectivity index (χ2n) is 11.2. The van der Waals surface area contributed by atoms with Gasteiger partial charge in [-0.1, -0.05) is 103 Å². The summed E-state index contributed by atoms with van der Waals surface area (Å²) >= 11 is 0. The lowest BCUT2D eigenvalue weighted by molar-refractivity contribution is 0.623. The number of oxazole rings is 1. The zero-order valence-electron chi connectivity index (χ0n) is 24.2. The molecule has 212 valence electrons. The van der Waals surface area contributed by atoms with Gasteiger partial charge in [0.1, 0.15) is 16.7 Å². The van der Waals surface area contributed by atoms with Crippen molar-refractivity contribution in [2.75, 3.05) is 4.90 Å². The summed E-state index contributed by atoms with van der Waals surface area (Å²) < 4.78 is 12.9. The lowest BCUT2D eigenvalue weighted by Gasteiger charge is -2.26. The van der Waals surface area contributed by atoms with E-state index in [1.807, 2.05) is 60.7 Å². The first-order chi connectivity index (χ1) is 22.3. The van der Waals surface area contributed by atoms with Crippen molar-refractivity contribution < 1.29 is 8.83 Å². The third-order valence-corrected chi connectivity index (χ3v) is 8.48. The number of para-hydroxylation sites is 1. The Balaban J connectivity index is 1.30. The Morgan fingerprint density at radius 1 is 0.444 bits per heavy atom. The van der Waals surface area contributed by atoms with Gasteiger partial charge in [-0.15, -0.1) is 0 Å². The zero-order chi connectivity index (χ0) is 29.7. The lowest BCUT2D eigenvalue weighted by Crippen LogP contribution is -2.10. The minimum absolute atomic E-state index is 0.593. The molecule has 0 radical (unpaired) electrons. The van der Waals surface area contributed by atoms with Crippen LogP contribution in [0, 0.1) is 0 Å². The summed E-state index contributed by atoms with van der Waals surface area (Å²) in [5.41, 5.74) is 9.44. The Kier molecular flexibility index (Phi) is 5.78. The summed E-state index contributed by atoms with van der Waals surface area (Å²) in [4.78, 5) is 7.39. The van der Waals surface area contributed by atoms with Gasteiger partial charge in [-0.2, -0.15) is 0 Å². The SMILES string of the molecule is c1ccc(-c2ccc(N(c3ccc4c(c3)oc3ccccc34)c3cc4ccccc4c4oc(-c5ccccc5)nc34)cc2)cc1. The average molecular weight is 579 g/mol. The summed E-state index contributed by atoms with van der Waals surface area (Å²) in [6.45, 7) is 0. The highest BCUT2D eigenvalue weighted by Gasteiger charge is 2.23. The summed E-state index contributed by atoms with van der Waals surface area (Å²) in [5.74, 6) is 0.593. The van der Waals surface area contributed by atoms with Gasteiger partial charge in [0.15, 0.2) is 5.58 Å². The number of aromatic nitrogens is 1. The van der Waals surface area contributed by atoms with Crippen LogP contribution in [0.3, 0.4) is 0 Å². The molecular formula is C41H26N2O2. The van der Waals surface area contributed by atoms with Crippen molar-refractivity contribution in [2.45, 2.75) is 0 Å². The van der Waals surface area contributed by atoms with Crippen molar-refractivity contribution in [1.29, 1.82) is 0 Å². The maximum absolute atomic E-state index is 6.56. The summed E-state index contributed by atoms with van der Waals surface area (Å²) in [7, 11) is 0. The molecule has 0 aliphatic carbocycles. The number of furan rings is 1. The Morgan fingerprint density at radius 3 is 1.87 bits per heavy atom. The van der Waals surface area contributed by atoms with E-state index in [1.165, 1.54) is 5.56 Å². The van der Waals surface area contributed by atoms with E-state index in [1.54, 1.807) is 0 Å². The molecule has 2 heterocycles. The Labute approximate surface area is 259 Å². The van der Waals surface area contributed by atoms with Crippen LogP contribution in [0.25, 0.3) is 66.4 Å². The monoisotopic (exact) mass is 578 g/mol. The third-order valence-electron chi connectivity index (χ3n) is 8.48. The van der Waals surface area contributed by atoms with Gasteiger partial charge in [-0.3, -0.25) is 0 Å². The minimum Gasteiger partial charge on any atom is -0.456 e. The number of anilines is 3. The standard InChI is InChI=1S/C41H26N2O2/c1-3-11-27(12-4-1)28-19-21-31(22-20-28)43(32-23-24-35-34-17-9-10-18-37(34)44-38(35)26-32)36-25-30-15-7-8-16-33(30)40-39(36)42-41(45-40)29-13-5-2-6-14-29/h1-26H. The molecule has 9 aromatic rings. The number of rotatable bonds is 5. The third kappa shape index (κ3) is 4.27. The van der Waals surface area contributed by atoms with Crippen LogP contribution in [0.5, 0.6) is 0 Å². The van der Waals surface area contributed by atoms with Crippen LogP contribution in [0.4, 0.5) is 17.1 Å². The molecule has 45 heavy (non-hydrogen) atoms. The highest BCUT2D eigenvalue weighted by atomic mass is 16.3. The van der Waals surface area contributed by atoms with Gasteiger partial charge >= 0.3 is 0 Å². The smallest absolute Gasteiger partial charge is 0.227 e. The molecule has 0 fully saturated rings. The van der Waals surface area contributed by atoms with Crippen molar-refractivity contribution in [1.82, 2.24) is 4.98 Å². The highest BCUT2D eigenvalue weighted by molar-refractivity contribution is 6.12. The van der Waals surface area contributed by atoms with Gasteiger partial charge < -0.3 is 13.7 Å². The van der Waals surface area contributed by atoms with Gasteiger partial charge in [0.25, 0.3) is 0 Å². The normalized spacial score (nSPS) is 11.6. The minimum atomic E-state index is 0.593. The van der Waals surface area contributed by atoms with E-state index < -0.39 is 0 Å². The Bertz CT molecular complexity index is 2480. The maximum atomic E-state index is 6.56. The zero-order valence-corrected chi connectivity index (χ0v) is 24.2. The van der Waals surface area contributed by atoms with Gasteiger partial charge in [0.2, 0.25) is 5.89 Å². The molecule has 0 aliphatic rings. The first-order valence-corrected chi connectivity index (χ1v) is 15.0. The van der Waals surface area contributed by atoms with E-state index in [4.69, 9.17) is 13.8 Å².